The summed E-state index contributed by atoms with van der Waals surface area (Å²) in [5.74, 6) is -0.0307. The number of esters is 1. The van der Waals surface area contributed by atoms with Gasteiger partial charge in [0, 0.05) is 6.42 Å². The lowest BCUT2D eigenvalue weighted by Crippen LogP contribution is -2.32. The Labute approximate surface area is 170 Å². The summed E-state index contributed by atoms with van der Waals surface area (Å²) < 4.78 is 5.56. The first-order chi connectivity index (χ1) is 13.1. The minimum atomic E-state index is -0.0566. The molecule has 0 bridgehead atoms. The van der Waals surface area contributed by atoms with Gasteiger partial charge >= 0.3 is 5.97 Å². The van der Waals surface area contributed by atoms with Gasteiger partial charge in [0.1, 0.15) is 0 Å². The van der Waals surface area contributed by atoms with Crippen molar-refractivity contribution in [1.82, 2.24) is 4.90 Å². The fraction of sp³-hybridized carbons (Fsp3) is 0.958. The largest absolute Gasteiger partial charge is 0.446 e. The normalized spacial score (nSPS) is 12.5. The molecule has 0 rings (SSSR count). The van der Waals surface area contributed by atoms with E-state index in [0.717, 1.165) is 25.7 Å². The van der Waals surface area contributed by atoms with Crippen LogP contribution in [0.2, 0.25) is 0 Å². The second kappa shape index (κ2) is 20.2. The molecule has 0 saturated heterocycles. The van der Waals surface area contributed by atoms with Crippen molar-refractivity contribution in [2.24, 2.45) is 0 Å². The van der Waals surface area contributed by atoms with Crippen LogP contribution in [0.4, 0.5) is 0 Å². The van der Waals surface area contributed by atoms with E-state index in [-0.39, 0.29) is 12.2 Å². The van der Waals surface area contributed by atoms with Crippen molar-refractivity contribution >= 4 is 5.97 Å². The van der Waals surface area contributed by atoms with E-state index in [9.17, 15) is 4.79 Å². The molecule has 3 heteroatoms. The molecule has 1 atom stereocenters. The van der Waals surface area contributed by atoms with Crippen molar-refractivity contribution in [1.29, 1.82) is 0 Å². The minimum Gasteiger partial charge on any atom is -0.446 e. The average Bonchev–Trinajstić information content (AvgIpc) is 2.64. The van der Waals surface area contributed by atoms with Gasteiger partial charge in [0.15, 0.2) is 6.23 Å². The number of hydrogen-bond acceptors (Lipinski definition) is 3. The molecule has 0 N–H and O–H groups in total. The predicted octanol–water partition coefficient (Wildman–Crippen LogP) is 7.48. The second-order valence-electron chi connectivity index (χ2n) is 8.40. The maximum Gasteiger partial charge on any atom is 0.307 e. The molecule has 0 aromatic rings. The molecule has 0 heterocycles. The van der Waals surface area contributed by atoms with Crippen LogP contribution < -0.4 is 0 Å². The third kappa shape index (κ3) is 18.6. The lowest BCUT2D eigenvalue weighted by Gasteiger charge is -2.23. The lowest BCUT2D eigenvalue weighted by atomic mass is 10.0. The van der Waals surface area contributed by atoms with Gasteiger partial charge in [0.25, 0.3) is 0 Å². The summed E-state index contributed by atoms with van der Waals surface area (Å²) in [6, 6.07) is 0. The fourth-order valence-electron chi connectivity index (χ4n) is 3.52. The first kappa shape index (κ1) is 26.4. The Hall–Kier alpha value is -0.570. The maximum atomic E-state index is 11.9. The van der Waals surface area contributed by atoms with E-state index < -0.39 is 0 Å². The average molecular weight is 384 g/mol. The van der Waals surface area contributed by atoms with Crippen molar-refractivity contribution in [2.45, 2.75) is 136 Å². The molecule has 0 fully saturated rings. The fourth-order valence-corrected chi connectivity index (χ4v) is 3.52. The zero-order valence-corrected chi connectivity index (χ0v) is 19.1. The Morgan fingerprint density at radius 2 is 1.07 bits per heavy atom. The van der Waals surface area contributed by atoms with Gasteiger partial charge in [-0.15, -0.1) is 0 Å². The Morgan fingerprint density at radius 3 is 1.44 bits per heavy atom. The molecule has 0 radical (unpaired) electrons. The molecule has 0 aliphatic heterocycles. The molecule has 0 spiro atoms. The van der Waals surface area contributed by atoms with Crippen LogP contribution in [-0.4, -0.2) is 31.2 Å². The topological polar surface area (TPSA) is 29.5 Å². The summed E-state index contributed by atoms with van der Waals surface area (Å²) in [7, 11) is 3.95. The van der Waals surface area contributed by atoms with Crippen molar-refractivity contribution in [3.8, 4) is 0 Å². The molecular weight excluding hydrogens is 334 g/mol. The quantitative estimate of drug-likeness (QED) is 0.124. The molecule has 0 aliphatic carbocycles. The molecule has 0 aromatic heterocycles. The smallest absolute Gasteiger partial charge is 0.307 e. The van der Waals surface area contributed by atoms with Gasteiger partial charge in [-0.2, -0.15) is 0 Å². The molecule has 0 aliphatic rings. The molecule has 3 nitrogen and oxygen atoms in total. The molecular formula is C24H49NO2. The van der Waals surface area contributed by atoms with Crippen molar-refractivity contribution in [3.63, 3.8) is 0 Å². The Kier molecular flexibility index (Phi) is 19.7. The van der Waals surface area contributed by atoms with Crippen LogP contribution in [0.1, 0.15) is 129 Å². The van der Waals surface area contributed by atoms with Gasteiger partial charge in [0.2, 0.25) is 0 Å². The van der Waals surface area contributed by atoms with Crippen LogP contribution in [-0.2, 0) is 9.53 Å². The van der Waals surface area contributed by atoms with Gasteiger partial charge in [-0.3, -0.25) is 9.69 Å². The monoisotopic (exact) mass is 383 g/mol. The van der Waals surface area contributed by atoms with Gasteiger partial charge in [-0.1, -0.05) is 110 Å². The van der Waals surface area contributed by atoms with Crippen LogP contribution in [0.25, 0.3) is 0 Å². The van der Waals surface area contributed by atoms with E-state index in [2.05, 4.69) is 13.8 Å². The third-order valence-electron chi connectivity index (χ3n) is 5.36. The van der Waals surface area contributed by atoms with Crippen molar-refractivity contribution < 1.29 is 9.53 Å². The SMILES string of the molecule is CCCCCCCCCCCCCCCCCC(=O)OC(CCC)N(C)C. The summed E-state index contributed by atoms with van der Waals surface area (Å²) in [4.78, 5) is 13.9. The summed E-state index contributed by atoms with van der Waals surface area (Å²) in [5, 5.41) is 0. The second-order valence-corrected chi connectivity index (χ2v) is 8.40. The molecule has 1 unspecified atom stereocenters. The van der Waals surface area contributed by atoms with E-state index in [4.69, 9.17) is 4.74 Å². The van der Waals surface area contributed by atoms with Gasteiger partial charge in [-0.25, -0.2) is 0 Å². The highest BCUT2D eigenvalue weighted by atomic mass is 16.6. The Bertz CT molecular complexity index is 318. The number of hydrogen-bond donors (Lipinski definition) is 0. The molecule has 27 heavy (non-hydrogen) atoms. The molecule has 162 valence electrons. The zero-order chi connectivity index (χ0) is 20.2. The molecule has 0 saturated carbocycles. The summed E-state index contributed by atoms with van der Waals surface area (Å²) in [5.41, 5.74) is 0. The Morgan fingerprint density at radius 1 is 0.667 bits per heavy atom. The number of unbranched alkanes of at least 4 members (excludes halogenated alkanes) is 14. The molecule has 0 aromatic carbocycles. The lowest BCUT2D eigenvalue weighted by molar-refractivity contribution is -0.157. The number of nitrogens with zero attached hydrogens (tertiary/aromatic N) is 1. The Balaban J connectivity index is 3.31. The summed E-state index contributed by atoms with van der Waals surface area (Å²) in [6.07, 6.45) is 22.7. The summed E-state index contributed by atoms with van der Waals surface area (Å²) in [6.45, 7) is 4.40. The van der Waals surface area contributed by atoms with Gasteiger partial charge in [0.05, 0.1) is 0 Å². The number of rotatable bonds is 20. The first-order valence-corrected chi connectivity index (χ1v) is 12.0. The third-order valence-corrected chi connectivity index (χ3v) is 5.36. The highest BCUT2D eigenvalue weighted by Gasteiger charge is 2.15. The van der Waals surface area contributed by atoms with Gasteiger partial charge in [-0.05, 0) is 26.9 Å². The van der Waals surface area contributed by atoms with Crippen LogP contribution in [0.5, 0.6) is 0 Å². The highest BCUT2D eigenvalue weighted by molar-refractivity contribution is 5.69. The van der Waals surface area contributed by atoms with E-state index in [1.54, 1.807) is 0 Å². The van der Waals surface area contributed by atoms with Gasteiger partial charge < -0.3 is 4.74 Å². The summed E-state index contributed by atoms with van der Waals surface area (Å²) >= 11 is 0. The minimum absolute atomic E-state index is 0.0307. The van der Waals surface area contributed by atoms with Crippen molar-refractivity contribution in [3.05, 3.63) is 0 Å². The van der Waals surface area contributed by atoms with Crippen LogP contribution >= 0.6 is 0 Å². The van der Waals surface area contributed by atoms with Crippen LogP contribution in [0, 0.1) is 0 Å². The predicted molar refractivity (Wildman–Crippen MR) is 118 cm³/mol. The highest BCUT2D eigenvalue weighted by Crippen LogP contribution is 2.14. The number of carbonyl (C=O) groups excluding carboxylic acids is 1. The number of ether oxygens (including phenoxy) is 1. The first-order valence-electron chi connectivity index (χ1n) is 12.0. The van der Waals surface area contributed by atoms with E-state index in [0.29, 0.717) is 6.42 Å². The van der Waals surface area contributed by atoms with E-state index >= 15 is 0 Å². The van der Waals surface area contributed by atoms with Crippen molar-refractivity contribution in [2.75, 3.05) is 14.1 Å². The van der Waals surface area contributed by atoms with Crippen LogP contribution in [0.15, 0.2) is 0 Å². The maximum absolute atomic E-state index is 11.9. The standard InChI is InChI=1S/C24H49NO2/c1-5-7-8-9-10-11-12-13-14-15-16-17-18-19-20-22-24(26)27-23(21-6-2)25(3)4/h23H,5-22H2,1-4H3. The van der Waals surface area contributed by atoms with E-state index in [1.165, 1.54) is 83.5 Å². The molecule has 0 amide bonds. The number of carbonyl (C=O) groups is 1. The zero-order valence-electron chi connectivity index (χ0n) is 19.1. The van der Waals surface area contributed by atoms with Crippen LogP contribution in [0.3, 0.4) is 0 Å². The van der Waals surface area contributed by atoms with E-state index in [1.807, 2.05) is 19.0 Å².